The summed E-state index contributed by atoms with van der Waals surface area (Å²) in [7, 11) is 1.74. The van der Waals surface area contributed by atoms with E-state index < -0.39 is 0 Å². The molecule has 0 aliphatic heterocycles. The van der Waals surface area contributed by atoms with E-state index in [0.717, 1.165) is 12.2 Å². The fourth-order valence-electron chi connectivity index (χ4n) is 2.84. The van der Waals surface area contributed by atoms with Crippen molar-refractivity contribution in [2.24, 2.45) is 0 Å². The molecule has 3 rings (SSSR count). The van der Waals surface area contributed by atoms with E-state index in [1.165, 1.54) is 23.1 Å². The van der Waals surface area contributed by atoms with Crippen LogP contribution in [-0.2, 0) is 12.8 Å². The lowest BCUT2D eigenvalue weighted by atomic mass is 9.75. The van der Waals surface area contributed by atoms with Crippen molar-refractivity contribution >= 4 is 15.9 Å². The maximum absolute atomic E-state index is 5.43. The largest absolute Gasteiger partial charge is 0.496 e. The van der Waals surface area contributed by atoms with Crippen molar-refractivity contribution in [3.63, 3.8) is 0 Å². The van der Waals surface area contributed by atoms with E-state index in [2.05, 4.69) is 52.3 Å². The number of hydrogen-bond donors (Lipinski definition) is 0. The van der Waals surface area contributed by atoms with Gasteiger partial charge in [-0.1, -0.05) is 58.4 Å². The first-order valence-electron chi connectivity index (χ1n) is 6.63. The maximum Gasteiger partial charge on any atom is 0.122 e. The minimum absolute atomic E-state index is 0.471. The Hall–Kier alpha value is -1.28. The second-order valence-corrected chi connectivity index (χ2v) is 6.22. The number of rotatable bonds is 4. The standard InChI is InChI=1S/C17H17BrO/c1-19-17-9-5-3-7-13(17)11-16(18)15-10-12-6-2-4-8-14(12)15/h2-9,15-16H,10-11H2,1H3. The highest BCUT2D eigenvalue weighted by Gasteiger charge is 2.31. The third-order valence-corrected chi connectivity index (χ3v) is 4.90. The van der Waals surface area contributed by atoms with Gasteiger partial charge in [-0.3, -0.25) is 0 Å². The molecule has 1 aliphatic carbocycles. The number of fused-ring (bicyclic) bond motifs is 1. The molecule has 2 heteroatoms. The minimum atomic E-state index is 0.471. The molecule has 0 radical (unpaired) electrons. The van der Waals surface area contributed by atoms with E-state index in [1.54, 1.807) is 7.11 Å². The van der Waals surface area contributed by atoms with Crippen LogP contribution in [0, 0.1) is 0 Å². The van der Waals surface area contributed by atoms with Crippen LogP contribution in [0.4, 0.5) is 0 Å². The molecule has 0 fully saturated rings. The lowest BCUT2D eigenvalue weighted by Gasteiger charge is -2.34. The van der Waals surface area contributed by atoms with Crippen molar-refractivity contribution in [2.45, 2.75) is 23.6 Å². The highest BCUT2D eigenvalue weighted by atomic mass is 79.9. The Bertz CT molecular complexity index is 579. The molecule has 0 aromatic heterocycles. The normalized spacial score (nSPS) is 18.3. The first kappa shape index (κ1) is 12.7. The lowest BCUT2D eigenvalue weighted by Crippen LogP contribution is -2.26. The van der Waals surface area contributed by atoms with Crippen molar-refractivity contribution in [1.29, 1.82) is 0 Å². The van der Waals surface area contributed by atoms with Gasteiger partial charge in [0.15, 0.2) is 0 Å². The van der Waals surface area contributed by atoms with Gasteiger partial charge in [0.1, 0.15) is 5.75 Å². The molecule has 0 amide bonds. The van der Waals surface area contributed by atoms with Gasteiger partial charge in [0.2, 0.25) is 0 Å². The number of halogens is 1. The van der Waals surface area contributed by atoms with Crippen LogP contribution < -0.4 is 4.74 Å². The summed E-state index contributed by atoms with van der Waals surface area (Å²) in [6.45, 7) is 0. The lowest BCUT2D eigenvalue weighted by molar-refractivity contribution is 0.408. The van der Waals surface area contributed by atoms with Crippen LogP contribution in [0.2, 0.25) is 0 Å². The van der Waals surface area contributed by atoms with Crippen LogP contribution in [0.25, 0.3) is 0 Å². The first-order valence-corrected chi connectivity index (χ1v) is 7.55. The average molecular weight is 317 g/mol. The monoisotopic (exact) mass is 316 g/mol. The van der Waals surface area contributed by atoms with E-state index in [0.29, 0.717) is 10.7 Å². The Morgan fingerprint density at radius 3 is 2.68 bits per heavy atom. The van der Waals surface area contributed by atoms with Crippen LogP contribution in [0.15, 0.2) is 48.5 Å². The molecule has 0 N–H and O–H groups in total. The van der Waals surface area contributed by atoms with E-state index in [9.17, 15) is 0 Å². The Labute approximate surface area is 122 Å². The SMILES string of the molecule is COc1ccccc1CC(Br)C1Cc2ccccc21. The van der Waals surface area contributed by atoms with Gasteiger partial charge in [0, 0.05) is 10.7 Å². The zero-order valence-electron chi connectivity index (χ0n) is 11.0. The number of alkyl halides is 1. The number of para-hydroxylation sites is 1. The Morgan fingerprint density at radius 1 is 1.16 bits per heavy atom. The molecule has 0 bridgehead atoms. The van der Waals surface area contributed by atoms with Gasteiger partial charge in [-0.15, -0.1) is 0 Å². The van der Waals surface area contributed by atoms with Crippen molar-refractivity contribution in [2.75, 3.05) is 7.11 Å². The van der Waals surface area contributed by atoms with Crippen molar-refractivity contribution in [3.05, 3.63) is 65.2 Å². The molecule has 98 valence electrons. The second kappa shape index (κ2) is 5.38. The highest BCUT2D eigenvalue weighted by Crippen LogP contribution is 2.41. The van der Waals surface area contributed by atoms with E-state index in [4.69, 9.17) is 4.74 Å². The molecule has 2 atom stereocenters. The van der Waals surface area contributed by atoms with Gasteiger partial charge < -0.3 is 4.74 Å². The van der Waals surface area contributed by atoms with Gasteiger partial charge in [-0.25, -0.2) is 0 Å². The summed E-state index contributed by atoms with van der Waals surface area (Å²) in [4.78, 5) is 0.471. The summed E-state index contributed by atoms with van der Waals surface area (Å²) in [6, 6.07) is 17.0. The predicted molar refractivity (Wildman–Crippen MR) is 82.3 cm³/mol. The summed E-state index contributed by atoms with van der Waals surface area (Å²) in [5.74, 6) is 1.61. The summed E-state index contributed by atoms with van der Waals surface area (Å²) in [5.41, 5.74) is 4.27. The summed E-state index contributed by atoms with van der Waals surface area (Å²) >= 11 is 3.87. The van der Waals surface area contributed by atoms with Crippen molar-refractivity contribution < 1.29 is 4.74 Å². The summed E-state index contributed by atoms with van der Waals surface area (Å²) in [5, 5.41) is 0. The predicted octanol–water partition coefficient (Wildman–Crippen LogP) is 4.34. The molecule has 0 spiro atoms. The Balaban J connectivity index is 1.75. The third-order valence-electron chi connectivity index (χ3n) is 3.94. The smallest absolute Gasteiger partial charge is 0.122 e. The van der Waals surface area contributed by atoms with Gasteiger partial charge in [0.25, 0.3) is 0 Å². The van der Waals surface area contributed by atoms with E-state index >= 15 is 0 Å². The van der Waals surface area contributed by atoms with Crippen molar-refractivity contribution in [3.8, 4) is 5.75 Å². The molecular weight excluding hydrogens is 300 g/mol. The van der Waals surface area contributed by atoms with Gasteiger partial charge in [0.05, 0.1) is 7.11 Å². The first-order chi connectivity index (χ1) is 9.29. The zero-order chi connectivity index (χ0) is 13.2. The fourth-order valence-corrected chi connectivity index (χ4v) is 3.66. The van der Waals surface area contributed by atoms with Crippen LogP contribution in [-0.4, -0.2) is 11.9 Å². The molecule has 1 aliphatic rings. The van der Waals surface area contributed by atoms with Crippen molar-refractivity contribution in [1.82, 2.24) is 0 Å². The molecule has 0 heterocycles. The number of hydrogen-bond acceptors (Lipinski definition) is 1. The van der Waals surface area contributed by atoms with Gasteiger partial charge in [-0.05, 0) is 35.6 Å². The summed E-state index contributed by atoms with van der Waals surface area (Å²) in [6.07, 6.45) is 2.18. The number of ether oxygens (including phenoxy) is 1. The minimum Gasteiger partial charge on any atom is -0.496 e. The molecule has 1 nitrogen and oxygen atoms in total. The average Bonchev–Trinajstić information content (AvgIpc) is 2.41. The topological polar surface area (TPSA) is 9.23 Å². The maximum atomic E-state index is 5.43. The quantitative estimate of drug-likeness (QED) is 0.762. The molecule has 2 aromatic carbocycles. The number of benzene rings is 2. The fraction of sp³-hybridized carbons (Fsp3) is 0.294. The molecule has 2 aromatic rings. The zero-order valence-corrected chi connectivity index (χ0v) is 12.6. The second-order valence-electron chi connectivity index (χ2n) is 5.04. The molecule has 2 unspecified atom stereocenters. The van der Waals surface area contributed by atoms with E-state index in [-0.39, 0.29) is 0 Å². The van der Waals surface area contributed by atoms with Gasteiger partial charge >= 0.3 is 0 Å². The highest BCUT2D eigenvalue weighted by molar-refractivity contribution is 9.09. The summed E-state index contributed by atoms with van der Waals surface area (Å²) < 4.78 is 5.43. The number of methoxy groups -OCH3 is 1. The molecule has 0 saturated heterocycles. The molecule has 19 heavy (non-hydrogen) atoms. The Kier molecular flexibility index (Phi) is 3.61. The van der Waals surface area contributed by atoms with E-state index in [1.807, 2.05) is 12.1 Å². The van der Waals surface area contributed by atoms with Crippen LogP contribution in [0.3, 0.4) is 0 Å². The van der Waals surface area contributed by atoms with Gasteiger partial charge in [-0.2, -0.15) is 0 Å². The van der Waals surface area contributed by atoms with Crippen LogP contribution in [0.5, 0.6) is 5.75 Å². The van der Waals surface area contributed by atoms with Crippen LogP contribution in [0.1, 0.15) is 22.6 Å². The molecule has 0 saturated carbocycles. The van der Waals surface area contributed by atoms with Crippen LogP contribution >= 0.6 is 15.9 Å². The third kappa shape index (κ3) is 2.42. The molecular formula is C17H17BrO. The Morgan fingerprint density at radius 2 is 1.89 bits per heavy atom.